The van der Waals surface area contributed by atoms with Gasteiger partial charge in [0.05, 0.1) is 12.7 Å². The Kier molecular flexibility index (Phi) is 8.30. The van der Waals surface area contributed by atoms with E-state index in [2.05, 4.69) is 0 Å². The Bertz CT molecular complexity index is 1470. The van der Waals surface area contributed by atoms with Gasteiger partial charge in [0.1, 0.15) is 70.9 Å². The fraction of sp³-hybridized carbons (Fsp3) is 0.444. The monoisotopic (exact) mass is 594 g/mol. The molecule has 0 aliphatic carbocycles. The third-order valence-electron chi connectivity index (χ3n) is 7.18. The first kappa shape index (κ1) is 30.0. The molecule has 5 rings (SSSR count). The third-order valence-corrected chi connectivity index (χ3v) is 7.18. The third kappa shape index (κ3) is 5.37. The van der Waals surface area contributed by atoms with Gasteiger partial charge in [-0.2, -0.15) is 0 Å². The molecule has 9 N–H and O–H groups in total. The van der Waals surface area contributed by atoms with Crippen molar-refractivity contribution < 1.29 is 69.3 Å². The topological polar surface area (TPSA) is 249 Å². The van der Waals surface area contributed by atoms with E-state index in [-0.39, 0.29) is 28.4 Å². The van der Waals surface area contributed by atoms with Crippen molar-refractivity contribution in [2.75, 3.05) is 6.61 Å². The van der Waals surface area contributed by atoms with Crippen molar-refractivity contribution in [2.24, 2.45) is 0 Å². The number of rotatable bonds is 6. The first-order valence-corrected chi connectivity index (χ1v) is 12.9. The number of ether oxygens (including phenoxy) is 4. The average Bonchev–Trinajstić information content (AvgIpc) is 2.96. The maximum atomic E-state index is 13.7. The van der Waals surface area contributed by atoms with Crippen LogP contribution in [0, 0.1) is 0 Å². The standard InChI is InChI=1S/C27H30O15/c1-9-17(31)20(34)22(36)26(38-9)39-12-6-13(30)16-14(7-12)40-24(10-2-4-11(29)5-3-10)25(19(16)33)42-27-23(37)21(35)18(32)15(8-28)41-27/h2-7,9,15,17-18,20-23,26-32,34-37H,8H2,1H3/t9?,15?,17-,18-,20-,21?,22?,23?,26-,27-/m0/s1. The van der Waals surface area contributed by atoms with Crippen LogP contribution in [-0.2, 0) is 9.47 Å². The molecule has 1 aromatic heterocycles. The van der Waals surface area contributed by atoms with Crippen molar-refractivity contribution in [3.63, 3.8) is 0 Å². The molecule has 3 aromatic rings. The van der Waals surface area contributed by atoms with Crippen molar-refractivity contribution in [2.45, 2.75) is 68.3 Å². The van der Waals surface area contributed by atoms with E-state index in [0.717, 1.165) is 6.07 Å². The second-order valence-electron chi connectivity index (χ2n) is 10.1. The molecule has 42 heavy (non-hydrogen) atoms. The van der Waals surface area contributed by atoms with Crippen molar-refractivity contribution in [1.29, 1.82) is 0 Å². The largest absolute Gasteiger partial charge is 0.508 e. The van der Waals surface area contributed by atoms with E-state index >= 15 is 0 Å². The van der Waals surface area contributed by atoms with Gasteiger partial charge >= 0.3 is 0 Å². The van der Waals surface area contributed by atoms with Crippen molar-refractivity contribution in [3.8, 4) is 34.3 Å². The van der Waals surface area contributed by atoms with E-state index in [1.165, 1.54) is 37.3 Å². The smallest absolute Gasteiger partial charge is 0.239 e. The fourth-order valence-corrected chi connectivity index (χ4v) is 4.76. The molecule has 0 saturated carbocycles. The van der Waals surface area contributed by atoms with Crippen LogP contribution in [0.3, 0.4) is 0 Å². The van der Waals surface area contributed by atoms with Crippen molar-refractivity contribution >= 4 is 11.0 Å². The van der Waals surface area contributed by atoms with Crippen LogP contribution >= 0.6 is 0 Å². The van der Waals surface area contributed by atoms with Gasteiger partial charge in [-0.25, -0.2) is 0 Å². The zero-order chi connectivity index (χ0) is 30.5. The lowest BCUT2D eigenvalue weighted by Gasteiger charge is -2.39. The Labute approximate surface area is 236 Å². The van der Waals surface area contributed by atoms with E-state index < -0.39 is 90.3 Å². The van der Waals surface area contributed by atoms with Crippen molar-refractivity contribution in [3.05, 3.63) is 46.6 Å². The molecule has 0 bridgehead atoms. The molecule has 15 heteroatoms. The predicted octanol–water partition coefficient (Wildman–Crippen LogP) is -1.74. The maximum absolute atomic E-state index is 13.7. The predicted molar refractivity (Wildman–Crippen MR) is 139 cm³/mol. The number of benzene rings is 2. The molecule has 2 aliphatic heterocycles. The zero-order valence-corrected chi connectivity index (χ0v) is 21.9. The molecule has 0 radical (unpaired) electrons. The molecule has 2 aliphatic rings. The molecule has 228 valence electrons. The Morgan fingerprint density at radius 2 is 1.40 bits per heavy atom. The Morgan fingerprint density at radius 3 is 2.05 bits per heavy atom. The number of aromatic hydroxyl groups is 2. The van der Waals surface area contributed by atoms with E-state index in [1.807, 2.05) is 0 Å². The summed E-state index contributed by atoms with van der Waals surface area (Å²) < 4.78 is 28.0. The molecular formula is C27H30O15. The number of fused-ring (bicyclic) bond motifs is 1. The van der Waals surface area contributed by atoms with Gasteiger partial charge < -0.3 is 69.3 Å². The van der Waals surface area contributed by atoms with Crippen LogP contribution in [0.5, 0.6) is 23.0 Å². The number of aliphatic hydroxyl groups excluding tert-OH is 7. The Balaban J connectivity index is 1.58. The highest BCUT2D eigenvalue weighted by Crippen LogP contribution is 2.38. The SMILES string of the molecule is CC1O[C@@H](Oc2cc(O)c3c(=O)c(O[C@@H]4OC(CO)[C@H](O)C(O)C4O)c(-c4ccc(O)cc4)oc3c2)C(O)[C@@H](O)[C@H]1O. The highest BCUT2D eigenvalue weighted by Gasteiger charge is 2.46. The molecule has 15 nitrogen and oxygen atoms in total. The number of hydrogen-bond donors (Lipinski definition) is 9. The Hall–Kier alpha value is -3.51. The number of phenolic OH excluding ortho intramolecular Hbond substituents is 2. The molecule has 0 amide bonds. The molecule has 2 fully saturated rings. The lowest BCUT2D eigenvalue weighted by atomic mass is 9.99. The first-order valence-electron chi connectivity index (χ1n) is 12.9. The summed E-state index contributed by atoms with van der Waals surface area (Å²) in [6.07, 6.45) is -15.5. The van der Waals surface area contributed by atoms with Crippen LogP contribution < -0.4 is 14.9 Å². The number of hydrogen-bond acceptors (Lipinski definition) is 15. The van der Waals surface area contributed by atoms with E-state index in [9.17, 15) is 50.8 Å². The normalized spacial score (nSPS) is 33.4. The lowest BCUT2D eigenvalue weighted by Crippen LogP contribution is -2.60. The minimum Gasteiger partial charge on any atom is -0.508 e. The summed E-state index contributed by atoms with van der Waals surface area (Å²) >= 11 is 0. The lowest BCUT2D eigenvalue weighted by molar-refractivity contribution is -0.277. The summed E-state index contributed by atoms with van der Waals surface area (Å²) in [5.41, 5.74) is -1.01. The van der Waals surface area contributed by atoms with Crippen LogP contribution in [0.15, 0.2) is 45.6 Å². The van der Waals surface area contributed by atoms with Crippen LogP contribution in [0.4, 0.5) is 0 Å². The van der Waals surface area contributed by atoms with E-state index in [0.29, 0.717) is 0 Å². The van der Waals surface area contributed by atoms with Crippen molar-refractivity contribution in [1.82, 2.24) is 0 Å². The van der Waals surface area contributed by atoms with Gasteiger partial charge in [-0.05, 0) is 31.2 Å². The second kappa shape index (κ2) is 11.6. The fourth-order valence-electron chi connectivity index (χ4n) is 4.76. The molecular weight excluding hydrogens is 564 g/mol. The summed E-state index contributed by atoms with van der Waals surface area (Å²) in [7, 11) is 0. The molecule has 10 atom stereocenters. The van der Waals surface area contributed by atoms with E-state index in [4.69, 9.17) is 23.4 Å². The summed E-state index contributed by atoms with van der Waals surface area (Å²) in [5.74, 6) is -1.77. The van der Waals surface area contributed by atoms with Crippen LogP contribution in [0.25, 0.3) is 22.3 Å². The number of aliphatic hydroxyl groups is 7. The summed E-state index contributed by atoms with van der Waals surface area (Å²) in [6.45, 7) is 0.702. The average molecular weight is 595 g/mol. The van der Waals surface area contributed by atoms with Gasteiger partial charge in [-0.1, -0.05) is 0 Å². The summed E-state index contributed by atoms with van der Waals surface area (Å²) in [5, 5.41) is 90.7. The summed E-state index contributed by atoms with van der Waals surface area (Å²) in [4.78, 5) is 13.7. The molecule has 3 heterocycles. The minimum absolute atomic E-state index is 0.112. The minimum atomic E-state index is -1.87. The second-order valence-corrected chi connectivity index (χ2v) is 10.1. The van der Waals surface area contributed by atoms with Gasteiger partial charge in [0.2, 0.25) is 23.8 Å². The van der Waals surface area contributed by atoms with Crippen LogP contribution in [0.1, 0.15) is 6.92 Å². The molecule has 5 unspecified atom stereocenters. The summed E-state index contributed by atoms with van der Waals surface area (Å²) in [6, 6.07) is 7.53. The van der Waals surface area contributed by atoms with Gasteiger partial charge in [-0.15, -0.1) is 0 Å². The van der Waals surface area contributed by atoms with Gasteiger partial charge in [0.15, 0.2) is 5.76 Å². The maximum Gasteiger partial charge on any atom is 0.239 e. The zero-order valence-electron chi connectivity index (χ0n) is 21.9. The van der Waals surface area contributed by atoms with Crippen LogP contribution in [-0.4, -0.2) is 114 Å². The van der Waals surface area contributed by atoms with Gasteiger partial charge in [-0.3, -0.25) is 4.79 Å². The highest BCUT2D eigenvalue weighted by molar-refractivity contribution is 5.88. The van der Waals surface area contributed by atoms with Gasteiger partial charge in [0.25, 0.3) is 0 Å². The quantitative estimate of drug-likeness (QED) is 0.154. The number of phenols is 2. The molecule has 2 saturated heterocycles. The first-order chi connectivity index (χ1) is 19.9. The molecule has 2 aromatic carbocycles. The van der Waals surface area contributed by atoms with Crippen LogP contribution in [0.2, 0.25) is 0 Å². The Morgan fingerprint density at radius 1 is 0.786 bits per heavy atom. The molecule has 0 spiro atoms. The van der Waals surface area contributed by atoms with Gasteiger partial charge in [0, 0.05) is 17.7 Å². The van der Waals surface area contributed by atoms with E-state index in [1.54, 1.807) is 0 Å². The highest BCUT2D eigenvalue weighted by atomic mass is 16.7.